The Hall–Kier alpha value is -1.95. The molecule has 1 aromatic carbocycles. The first-order valence-electron chi connectivity index (χ1n) is 7.60. The molecule has 0 bridgehead atoms. The highest BCUT2D eigenvalue weighted by atomic mass is 79.9. The van der Waals surface area contributed by atoms with Crippen LogP contribution in [0, 0.1) is 12.8 Å². The van der Waals surface area contributed by atoms with Crippen molar-refractivity contribution in [3.05, 3.63) is 46.2 Å². The van der Waals surface area contributed by atoms with Crippen molar-refractivity contribution in [2.75, 3.05) is 11.9 Å². The number of aromatic nitrogens is 2. The maximum atomic E-state index is 12.1. The molecule has 2 N–H and O–H groups in total. The van der Waals surface area contributed by atoms with Gasteiger partial charge in [0.05, 0.1) is 0 Å². The maximum Gasteiger partial charge on any atom is 0.270 e. The number of nitrogens with zero attached hydrogens (tertiary/aromatic N) is 2. The highest BCUT2D eigenvalue weighted by Gasteiger charge is 2.09. The Morgan fingerprint density at radius 3 is 2.78 bits per heavy atom. The minimum atomic E-state index is -0.179. The minimum absolute atomic E-state index is 0.179. The molecule has 0 aliphatic heterocycles. The fourth-order valence-electron chi connectivity index (χ4n) is 1.91. The second-order valence-electron chi connectivity index (χ2n) is 5.79. The van der Waals surface area contributed by atoms with Crippen molar-refractivity contribution in [3.8, 4) is 0 Å². The summed E-state index contributed by atoms with van der Waals surface area (Å²) in [5.41, 5.74) is 2.37. The number of halogens is 1. The van der Waals surface area contributed by atoms with Gasteiger partial charge >= 0.3 is 0 Å². The third-order valence-corrected chi connectivity index (χ3v) is 4.18. The molecule has 2 aromatic rings. The van der Waals surface area contributed by atoms with Crippen LogP contribution in [-0.2, 0) is 0 Å². The summed E-state index contributed by atoms with van der Waals surface area (Å²) in [5, 5.41) is 5.98. The largest absolute Gasteiger partial charge is 0.351 e. The van der Waals surface area contributed by atoms with Gasteiger partial charge in [-0.15, -0.1) is 0 Å². The molecule has 23 heavy (non-hydrogen) atoms. The molecule has 0 fully saturated rings. The number of aryl methyl sites for hydroxylation is 1. The van der Waals surface area contributed by atoms with E-state index in [1.54, 1.807) is 12.3 Å². The molecule has 1 heterocycles. The lowest BCUT2D eigenvalue weighted by molar-refractivity contribution is 0.0947. The van der Waals surface area contributed by atoms with Crippen LogP contribution in [0.4, 0.5) is 11.6 Å². The Kier molecular flexibility index (Phi) is 6.10. The number of hydrogen-bond donors (Lipinski definition) is 2. The van der Waals surface area contributed by atoms with Crippen LogP contribution in [0.1, 0.15) is 36.3 Å². The number of benzene rings is 1. The van der Waals surface area contributed by atoms with Crippen LogP contribution >= 0.6 is 15.9 Å². The summed E-state index contributed by atoms with van der Waals surface area (Å²) >= 11 is 3.49. The van der Waals surface area contributed by atoms with Crippen LogP contribution in [0.3, 0.4) is 0 Å². The van der Waals surface area contributed by atoms with E-state index in [9.17, 15) is 4.79 Å². The zero-order chi connectivity index (χ0) is 16.8. The Bertz CT molecular complexity index is 688. The number of amides is 1. The van der Waals surface area contributed by atoms with Crippen molar-refractivity contribution in [3.63, 3.8) is 0 Å². The molecule has 1 amide bonds. The van der Waals surface area contributed by atoms with E-state index >= 15 is 0 Å². The molecule has 0 radical (unpaired) electrons. The lowest BCUT2D eigenvalue weighted by Gasteiger charge is -2.09. The van der Waals surface area contributed by atoms with E-state index in [1.807, 2.05) is 25.1 Å². The highest BCUT2D eigenvalue weighted by Crippen LogP contribution is 2.22. The molecule has 5 nitrogen and oxygen atoms in total. The smallest absolute Gasteiger partial charge is 0.270 e. The fraction of sp³-hybridized carbons (Fsp3) is 0.353. The zero-order valence-electron chi connectivity index (χ0n) is 13.6. The summed E-state index contributed by atoms with van der Waals surface area (Å²) in [6.07, 6.45) is 2.52. The van der Waals surface area contributed by atoms with Gasteiger partial charge in [0.1, 0.15) is 5.69 Å². The first kappa shape index (κ1) is 17.4. The quantitative estimate of drug-likeness (QED) is 0.797. The van der Waals surface area contributed by atoms with Gasteiger partial charge in [-0.25, -0.2) is 9.97 Å². The molecule has 2 rings (SSSR count). The Labute approximate surface area is 145 Å². The van der Waals surface area contributed by atoms with Crippen LogP contribution in [0.25, 0.3) is 0 Å². The van der Waals surface area contributed by atoms with Crippen molar-refractivity contribution in [1.29, 1.82) is 0 Å². The molecular formula is C17H21BrN4O. The first-order valence-corrected chi connectivity index (χ1v) is 8.39. The van der Waals surface area contributed by atoms with E-state index in [4.69, 9.17) is 0 Å². The first-order chi connectivity index (χ1) is 11.0. The zero-order valence-corrected chi connectivity index (χ0v) is 15.1. The van der Waals surface area contributed by atoms with E-state index in [1.165, 1.54) is 0 Å². The number of rotatable bonds is 6. The monoisotopic (exact) mass is 376 g/mol. The third-order valence-electron chi connectivity index (χ3n) is 3.32. The number of carbonyl (C=O) groups is 1. The van der Waals surface area contributed by atoms with Gasteiger partial charge in [-0.2, -0.15) is 0 Å². The molecule has 122 valence electrons. The van der Waals surface area contributed by atoms with Crippen molar-refractivity contribution in [2.24, 2.45) is 5.92 Å². The third kappa shape index (κ3) is 5.32. The van der Waals surface area contributed by atoms with E-state index in [0.717, 1.165) is 22.1 Å². The highest BCUT2D eigenvalue weighted by molar-refractivity contribution is 9.10. The van der Waals surface area contributed by atoms with Gasteiger partial charge in [0.25, 0.3) is 5.91 Å². The number of nitrogens with one attached hydrogen (secondary N) is 2. The molecule has 0 unspecified atom stereocenters. The lowest BCUT2D eigenvalue weighted by atomic mass is 10.1. The van der Waals surface area contributed by atoms with Gasteiger partial charge in [-0.3, -0.25) is 4.79 Å². The molecule has 0 aliphatic carbocycles. The SMILES string of the molecule is Cc1ccc(Nc2nccc(C(=O)NCCC(C)C)n2)cc1Br. The molecule has 0 saturated heterocycles. The second-order valence-corrected chi connectivity index (χ2v) is 6.65. The molecular weight excluding hydrogens is 356 g/mol. The van der Waals surface area contributed by atoms with Crippen molar-refractivity contribution in [1.82, 2.24) is 15.3 Å². The van der Waals surface area contributed by atoms with Crippen LogP contribution in [0.15, 0.2) is 34.9 Å². The maximum absolute atomic E-state index is 12.1. The van der Waals surface area contributed by atoms with Crippen LogP contribution < -0.4 is 10.6 Å². The fourth-order valence-corrected chi connectivity index (χ4v) is 2.29. The summed E-state index contributed by atoms with van der Waals surface area (Å²) < 4.78 is 1.00. The second kappa shape index (κ2) is 8.06. The molecule has 6 heteroatoms. The average molecular weight is 377 g/mol. The van der Waals surface area contributed by atoms with Gasteiger partial charge < -0.3 is 10.6 Å². The van der Waals surface area contributed by atoms with E-state index in [2.05, 4.69) is 50.4 Å². The van der Waals surface area contributed by atoms with Gasteiger partial charge in [0.15, 0.2) is 0 Å². The molecule has 0 spiro atoms. The van der Waals surface area contributed by atoms with Crippen molar-refractivity contribution in [2.45, 2.75) is 27.2 Å². The number of hydrogen-bond acceptors (Lipinski definition) is 4. The molecule has 0 saturated carbocycles. The molecule has 0 atom stereocenters. The Morgan fingerprint density at radius 1 is 1.30 bits per heavy atom. The topological polar surface area (TPSA) is 66.9 Å². The van der Waals surface area contributed by atoms with Crippen LogP contribution in [-0.4, -0.2) is 22.4 Å². The van der Waals surface area contributed by atoms with Gasteiger partial charge in [0, 0.05) is 22.9 Å². The summed E-state index contributed by atoms with van der Waals surface area (Å²) in [5.74, 6) is 0.774. The molecule has 1 aromatic heterocycles. The lowest BCUT2D eigenvalue weighted by Crippen LogP contribution is -2.26. The van der Waals surface area contributed by atoms with E-state index < -0.39 is 0 Å². The van der Waals surface area contributed by atoms with Gasteiger partial charge in [-0.1, -0.05) is 35.8 Å². The molecule has 0 aliphatic rings. The normalized spacial score (nSPS) is 10.7. The predicted molar refractivity (Wildman–Crippen MR) is 96.0 cm³/mol. The summed E-state index contributed by atoms with van der Waals surface area (Å²) in [6.45, 7) is 6.91. The number of anilines is 2. The standard InChI is InChI=1S/C17H21BrN4O/c1-11(2)6-8-19-16(23)15-7-9-20-17(22-15)21-13-5-4-12(3)14(18)10-13/h4-5,7,9-11H,6,8H2,1-3H3,(H,19,23)(H,20,21,22). The van der Waals surface area contributed by atoms with Crippen molar-refractivity contribution >= 4 is 33.5 Å². The van der Waals surface area contributed by atoms with E-state index in [-0.39, 0.29) is 5.91 Å². The predicted octanol–water partition coefficient (Wildman–Crippen LogP) is 4.07. The van der Waals surface area contributed by atoms with Gasteiger partial charge in [0.2, 0.25) is 5.95 Å². The minimum Gasteiger partial charge on any atom is -0.351 e. The Morgan fingerprint density at radius 2 is 2.09 bits per heavy atom. The van der Waals surface area contributed by atoms with Crippen LogP contribution in [0.5, 0.6) is 0 Å². The Balaban J connectivity index is 2.04. The van der Waals surface area contributed by atoms with Crippen molar-refractivity contribution < 1.29 is 4.79 Å². The summed E-state index contributed by atoms with van der Waals surface area (Å²) in [6, 6.07) is 7.50. The number of carbonyl (C=O) groups excluding carboxylic acids is 1. The van der Waals surface area contributed by atoms with Gasteiger partial charge in [-0.05, 0) is 43.0 Å². The van der Waals surface area contributed by atoms with Crippen LogP contribution in [0.2, 0.25) is 0 Å². The average Bonchev–Trinajstić information content (AvgIpc) is 2.51. The summed E-state index contributed by atoms with van der Waals surface area (Å²) in [7, 11) is 0. The van der Waals surface area contributed by atoms with E-state index in [0.29, 0.717) is 24.1 Å². The summed E-state index contributed by atoms with van der Waals surface area (Å²) in [4.78, 5) is 20.5.